The molecule has 0 amide bonds. The van der Waals surface area contributed by atoms with Gasteiger partial charge in [0.2, 0.25) is 10.0 Å². The van der Waals surface area contributed by atoms with Crippen molar-refractivity contribution in [2.45, 2.75) is 43.4 Å². The largest absolute Gasteiger partial charge is 0.496 e. The van der Waals surface area contributed by atoms with Crippen LogP contribution in [0.1, 0.15) is 25.3 Å². The van der Waals surface area contributed by atoms with Crippen molar-refractivity contribution in [1.82, 2.24) is 4.72 Å². The molecule has 0 atom stereocenters. The minimum absolute atomic E-state index is 0.0915. The van der Waals surface area contributed by atoms with Gasteiger partial charge in [0.25, 0.3) is 0 Å². The van der Waals surface area contributed by atoms with Gasteiger partial charge in [0, 0.05) is 18.2 Å². The lowest BCUT2D eigenvalue weighted by Gasteiger charge is -2.35. The van der Waals surface area contributed by atoms with E-state index >= 15 is 0 Å². The smallest absolute Gasteiger partial charge is 0.240 e. The van der Waals surface area contributed by atoms with Gasteiger partial charge in [-0.05, 0) is 38.0 Å². The number of hydrogen-bond donors (Lipinski definition) is 2. The number of hydrogen-bond acceptors (Lipinski definition) is 5. The maximum absolute atomic E-state index is 12.3. The molecule has 1 aromatic rings. The Labute approximate surface area is 125 Å². The zero-order chi connectivity index (χ0) is 15.5. The van der Waals surface area contributed by atoms with Crippen LogP contribution in [0.2, 0.25) is 0 Å². The Kier molecular flexibility index (Phi) is 5.21. The highest BCUT2D eigenvalue weighted by molar-refractivity contribution is 7.89. The van der Waals surface area contributed by atoms with E-state index < -0.39 is 10.0 Å². The van der Waals surface area contributed by atoms with E-state index in [2.05, 4.69) is 4.72 Å². The quantitative estimate of drug-likeness (QED) is 0.785. The Balaban J connectivity index is 2.06. The first-order chi connectivity index (χ1) is 10.00. The second-order valence-electron chi connectivity index (χ2n) is 5.00. The third-order valence-electron chi connectivity index (χ3n) is 3.55. The summed E-state index contributed by atoms with van der Waals surface area (Å²) in [5, 5.41) is 9.26. The molecular weight excluding hydrogens is 294 g/mol. The second-order valence-corrected chi connectivity index (χ2v) is 6.71. The predicted molar refractivity (Wildman–Crippen MR) is 77.7 cm³/mol. The molecule has 0 saturated heterocycles. The van der Waals surface area contributed by atoms with Crippen LogP contribution in [0, 0.1) is 0 Å². The van der Waals surface area contributed by atoms with E-state index in [1.165, 1.54) is 19.2 Å². The van der Waals surface area contributed by atoms with Crippen LogP contribution in [0.15, 0.2) is 23.1 Å². The predicted octanol–water partition coefficient (Wildman–Crippen LogP) is 1.03. The van der Waals surface area contributed by atoms with E-state index in [0.29, 0.717) is 30.8 Å². The number of aliphatic hydroxyl groups excluding tert-OH is 1. The normalized spacial score (nSPS) is 21.9. The first-order valence-electron chi connectivity index (χ1n) is 6.91. The average molecular weight is 315 g/mol. The second kappa shape index (κ2) is 6.74. The molecular formula is C14H21NO5S. The van der Waals surface area contributed by atoms with Gasteiger partial charge in [0.1, 0.15) is 5.75 Å². The fourth-order valence-corrected chi connectivity index (χ4v) is 3.68. The highest BCUT2D eigenvalue weighted by Gasteiger charge is 2.33. The lowest BCUT2D eigenvalue weighted by molar-refractivity contribution is -0.00475. The van der Waals surface area contributed by atoms with Crippen LogP contribution in [0.3, 0.4) is 0 Å². The number of rotatable bonds is 7. The van der Waals surface area contributed by atoms with Crippen molar-refractivity contribution >= 4 is 10.0 Å². The van der Waals surface area contributed by atoms with Crippen LogP contribution in [0.25, 0.3) is 0 Å². The summed E-state index contributed by atoms with van der Waals surface area (Å²) >= 11 is 0. The van der Waals surface area contributed by atoms with Crippen LogP contribution in [-0.4, -0.2) is 39.4 Å². The Bertz CT molecular complexity index is 581. The Hall–Kier alpha value is -1.15. The van der Waals surface area contributed by atoms with Gasteiger partial charge in [-0.25, -0.2) is 13.1 Å². The van der Waals surface area contributed by atoms with Crippen LogP contribution >= 0.6 is 0 Å². The summed E-state index contributed by atoms with van der Waals surface area (Å²) < 4.78 is 37.7. The fraction of sp³-hybridized carbons (Fsp3) is 0.571. The monoisotopic (exact) mass is 315 g/mol. The highest BCUT2D eigenvalue weighted by atomic mass is 32.2. The molecule has 0 spiro atoms. The minimum Gasteiger partial charge on any atom is -0.496 e. The van der Waals surface area contributed by atoms with Crippen LogP contribution in [0.5, 0.6) is 5.75 Å². The molecule has 0 heterocycles. The van der Waals surface area contributed by atoms with Gasteiger partial charge in [0.15, 0.2) is 0 Å². The molecule has 118 valence electrons. The van der Waals surface area contributed by atoms with E-state index in [4.69, 9.17) is 9.47 Å². The lowest BCUT2D eigenvalue weighted by atomic mass is 9.90. The Morgan fingerprint density at radius 1 is 1.38 bits per heavy atom. The third-order valence-corrected chi connectivity index (χ3v) is 5.07. The molecule has 21 heavy (non-hydrogen) atoms. The summed E-state index contributed by atoms with van der Waals surface area (Å²) in [4.78, 5) is 0.132. The van der Waals surface area contributed by atoms with E-state index in [-0.39, 0.29) is 23.6 Å². The molecule has 0 aliphatic heterocycles. The molecule has 2 N–H and O–H groups in total. The first kappa shape index (κ1) is 16.2. The number of methoxy groups -OCH3 is 1. The van der Waals surface area contributed by atoms with Crippen LogP contribution < -0.4 is 9.46 Å². The molecule has 1 aliphatic carbocycles. The van der Waals surface area contributed by atoms with Gasteiger partial charge < -0.3 is 14.6 Å². The average Bonchev–Trinajstić information content (AvgIpc) is 2.44. The minimum atomic E-state index is -3.59. The van der Waals surface area contributed by atoms with Crippen molar-refractivity contribution in [3.8, 4) is 5.75 Å². The SMILES string of the molecule is CCOC1CC(NS(=O)(=O)c2ccc(OC)c(CO)c2)C1. The molecule has 1 fully saturated rings. The van der Waals surface area contributed by atoms with Gasteiger partial charge in [-0.2, -0.15) is 0 Å². The Morgan fingerprint density at radius 3 is 2.67 bits per heavy atom. The van der Waals surface area contributed by atoms with Gasteiger partial charge >= 0.3 is 0 Å². The zero-order valence-electron chi connectivity index (χ0n) is 12.2. The van der Waals surface area contributed by atoms with Gasteiger partial charge in [-0.1, -0.05) is 0 Å². The van der Waals surface area contributed by atoms with Crippen molar-refractivity contribution in [2.24, 2.45) is 0 Å². The summed E-state index contributed by atoms with van der Waals surface area (Å²) in [6, 6.07) is 4.36. The molecule has 1 aliphatic rings. The topological polar surface area (TPSA) is 84.9 Å². The van der Waals surface area contributed by atoms with Gasteiger partial charge in [0.05, 0.1) is 24.7 Å². The number of nitrogens with one attached hydrogen (secondary N) is 1. The van der Waals surface area contributed by atoms with Crippen molar-refractivity contribution in [1.29, 1.82) is 0 Å². The maximum Gasteiger partial charge on any atom is 0.240 e. The third kappa shape index (κ3) is 3.74. The van der Waals surface area contributed by atoms with Crippen molar-refractivity contribution < 1.29 is 23.0 Å². The Morgan fingerprint density at radius 2 is 2.10 bits per heavy atom. The molecule has 7 heteroatoms. The number of aliphatic hydroxyl groups is 1. The van der Waals surface area contributed by atoms with Gasteiger partial charge in [-0.15, -0.1) is 0 Å². The molecule has 0 radical (unpaired) electrons. The van der Waals surface area contributed by atoms with Crippen molar-refractivity contribution in [3.63, 3.8) is 0 Å². The lowest BCUT2D eigenvalue weighted by Crippen LogP contribution is -2.47. The number of ether oxygens (including phenoxy) is 2. The van der Waals surface area contributed by atoms with Crippen LogP contribution in [0.4, 0.5) is 0 Å². The molecule has 0 unspecified atom stereocenters. The van der Waals surface area contributed by atoms with Crippen molar-refractivity contribution in [2.75, 3.05) is 13.7 Å². The molecule has 1 aromatic carbocycles. The zero-order valence-corrected chi connectivity index (χ0v) is 13.0. The molecule has 1 saturated carbocycles. The molecule has 2 rings (SSSR count). The fourth-order valence-electron chi connectivity index (χ4n) is 2.37. The summed E-state index contributed by atoms with van der Waals surface area (Å²) in [6.07, 6.45) is 1.53. The van der Waals surface area contributed by atoms with E-state index in [0.717, 1.165) is 0 Å². The number of benzene rings is 1. The molecule has 6 nitrogen and oxygen atoms in total. The summed E-state index contributed by atoms with van der Waals surface area (Å²) in [7, 11) is -2.11. The first-order valence-corrected chi connectivity index (χ1v) is 8.40. The van der Waals surface area contributed by atoms with E-state index in [9.17, 15) is 13.5 Å². The summed E-state index contributed by atoms with van der Waals surface area (Å²) in [5.74, 6) is 0.469. The molecule has 0 aromatic heterocycles. The van der Waals surface area contributed by atoms with Gasteiger partial charge in [-0.3, -0.25) is 0 Å². The standard InChI is InChI=1S/C14H21NO5S/c1-3-20-12-7-11(8-12)15-21(17,18)13-4-5-14(19-2)10(6-13)9-16/h4-6,11-12,15-16H,3,7-9H2,1-2H3. The number of sulfonamides is 1. The van der Waals surface area contributed by atoms with E-state index in [1.54, 1.807) is 6.07 Å². The highest BCUT2D eigenvalue weighted by Crippen LogP contribution is 2.27. The molecule has 0 bridgehead atoms. The summed E-state index contributed by atoms with van der Waals surface area (Å²) in [6.45, 7) is 2.29. The maximum atomic E-state index is 12.3. The van der Waals surface area contributed by atoms with Crippen molar-refractivity contribution in [3.05, 3.63) is 23.8 Å². The van der Waals surface area contributed by atoms with Crippen LogP contribution in [-0.2, 0) is 21.4 Å². The van der Waals surface area contributed by atoms with E-state index in [1.807, 2.05) is 6.92 Å². The summed E-state index contributed by atoms with van der Waals surface area (Å²) in [5.41, 5.74) is 0.446.